The maximum absolute atomic E-state index is 14.1. The van der Waals surface area contributed by atoms with Crippen molar-refractivity contribution in [3.63, 3.8) is 0 Å². The lowest BCUT2D eigenvalue weighted by Gasteiger charge is -2.36. The van der Waals surface area contributed by atoms with Crippen LogP contribution in [-0.4, -0.2) is 53.9 Å². The number of likely N-dealkylation sites (N-methyl/N-ethyl adjacent to an activating group) is 1. The number of pyridine rings is 1. The van der Waals surface area contributed by atoms with E-state index in [4.69, 9.17) is 0 Å². The summed E-state index contributed by atoms with van der Waals surface area (Å²) in [5.41, 5.74) is 3.07. The number of amides is 2. The number of benzene rings is 1. The molecule has 0 unspecified atom stereocenters. The van der Waals surface area contributed by atoms with Gasteiger partial charge in [0.15, 0.2) is 0 Å². The Morgan fingerprint density at radius 2 is 1.84 bits per heavy atom. The summed E-state index contributed by atoms with van der Waals surface area (Å²) in [7, 11) is 1.76. The molecule has 1 aromatic carbocycles. The summed E-state index contributed by atoms with van der Waals surface area (Å²) >= 11 is 0. The zero-order chi connectivity index (χ0) is 26.6. The van der Waals surface area contributed by atoms with Crippen LogP contribution in [0.25, 0.3) is 0 Å². The first-order valence-corrected chi connectivity index (χ1v) is 14.3. The van der Waals surface area contributed by atoms with Gasteiger partial charge in [0.1, 0.15) is 17.7 Å². The third-order valence-corrected chi connectivity index (χ3v) is 8.64. The number of aryl methyl sites for hydroxylation is 1. The molecule has 3 aliphatic rings. The number of nitrogens with one attached hydrogen (secondary N) is 2. The molecule has 7 nitrogen and oxygen atoms in total. The second-order valence-electron chi connectivity index (χ2n) is 11.1. The van der Waals surface area contributed by atoms with Gasteiger partial charge in [0.05, 0.1) is 12.1 Å². The van der Waals surface area contributed by atoms with E-state index in [2.05, 4.69) is 26.6 Å². The smallest absolute Gasteiger partial charge is 0.245 e. The third kappa shape index (κ3) is 5.55. The minimum Gasteiger partial charge on any atom is -0.343 e. The molecule has 204 valence electrons. The molecule has 1 aromatic heterocycles. The van der Waals surface area contributed by atoms with E-state index in [1.807, 2.05) is 30.2 Å². The number of likely N-dealkylation sites (tertiary alicyclic amines) is 1. The molecule has 1 aliphatic carbocycles. The summed E-state index contributed by atoms with van der Waals surface area (Å²) in [6.07, 6.45) is 10.8. The summed E-state index contributed by atoms with van der Waals surface area (Å²) in [5.74, 6) is 0.695. The van der Waals surface area contributed by atoms with Crippen molar-refractivity contribution in [2.45, 2.75) is 82.8 Å². The normalized spacial score (nSPS) is 21.6. The lowest BCUT2D eigenvalue weighted by atomic mass is 9.83. The Labute approximate surface area is 225 Å². The fourth-order valence-corrected chi connectivity index (χ4v) is 6.41. The van der Waals surface area contributed by atoms with Crippen LogP contribution in [0.4, 0.5) is 15.9 Å². The van der Waals surface area contributed by atoms with Crippen LogP contribution in [-0.2, 0) is 16.0 Å². The first-order valence-electron chi connectivity index (χ1n) is 14.3. The second kappa shape index (κ2) is 11.8. The van der Waals surface area contributed by atoms with Gasteiger partial charge in [0.2, 0.25) is 11.8 Å². The molecule has 2 fully saturated rings. The number of carbonyl (C=O) groups is 2. The number of halogens is 1. The van der Waals surface area contributed by atoms with Crippen LogP contribution >= 0.6 is 0 Å². The number of fused-ring (bicyclic) bond motifs is 1. The van der Waals surface area contributed by atoms with E-state index in [1.54, 1.807) is 13.1 Å². The molecule has 5 rings (SSSR count). The minimum absolute atomic E-state index is 0.0354. The first kappa shape index (κ1) is 26.6. The highest BCUT2D eigenvalue weighted by Gasteiger charge is 2.39. The molecule has 0 spiro atoms. The average Bonchev–Trinajstić information content (AvgIpc) is 3.45. The highest BCUT2D eigenvalue weighted by molar-refractivity contribution is 5.90. The van der Waals surface area contributed by atoms with Crippen molar-refractivity contribution < 1.29 is 14.0 Å². The fourth-order valence-electron chi connectivity index (χ4n) is 6.41. The van der Waals surface area contributed by atoms with Crippen LogP contribution in [0.5, 0.6) is 0 Å². The van der Waals surface area contributed by atoms with Crippen molar-refractivity contribution in [2.75, 3.05) is 25.0 Å². The van der Waals surface area contributed by atoms with Gasteiger partial charge in [-0.05, 0) is 99.9 Å². The number of hydrogen-bond donors (Lipinski definition) is 2. The summed E-state index contributed by atoms with van der Waals surface area (Å²) in [5, 5.41) is 6.12. The Kier molecular flexibility index (Phi) is 8.27. The van der Waals surface area contributed by atoms with Crippen LogP contribution in [0.1, 0.15) is 75.5 Å². The highest BCUT2D eigenvalue weighted by atomic mass is 19.1. The topological polar surface area (TPSA) is 77.6 Å². The van der Waals surface area contributed by atoms with Crippen LogP contribution in [0, 0.1) is 11.7 Å². The number of hydrogen-bond acceptors (Lipinski definition) is 5. The number of carbonyl (C=O) groups excluding carboxylic acids is 2. The summed E-state index contributed by atoms with van der Waals surface area (Å²) in [4.78, 5) is 35.8. The molecule has 38 heavy (non-hydrogen) atoms. The zero-order valence-corrected chi connectivity index (χ0v) is 22.6. The van der Waals surface area contributed by atoms with Crippen molar-refractivity contribution in [3.05, 3.63) is 53.5 Å². The molecular formula is C30H40FN5O2. The molecule has 8 heteroatoms. The number of rotatable bonds is 7. The third-order valence-electron chi connectivity index (χ3n) is 8.64. The standard InChI is InChI=1S/C30H40FN5O2/c1-20(32-2)29(37)34-28(21-8-4-3-5-9-21)30(38)36-17-7-11-25(36)23-14-15-33-27(19-23)35-16-6-10-22-18-24(31)12-13-26(22)35/h12-15,18-21,25,28,32H,3-11,16-17H2,1-2H3,(H,34,37)/t20-,25-,28-/m0/s1. The van der Waals surface area contributed by atoms with Gasteiger partial charge < -0.3 is 20.4 Å². The summed E-state index contributed by atoms with van der Waals surface area (Å²) < 4.78 is 13.9. The van der Waals surface area contributed by atoms with Gasteiger partial charge in [0.25, 0.3) is 0 Å². The van der Waals surface area contributed by atoms with Gasteiger partial charge in [-0.1, -0.05) is 19.3 Å². The predicted octanol–water partition coefficient (Wildman–Crippen LogP) is 4.64. The lowest BCUT2D eigenvalue weighted by molar-refractivity contribution is -0.139. The average molecular weight is 522 g/mol. The van der Waals surface area contributed by atoms with E-state index in [0.717, 1.165) is 80.5 Å². The van der Waals surface area contributed by atoms with Gasteiger partial charge in [-0.3, -0.25) is 9.59 Å². The van der Waals surface area contributed by atoms with Crippen LogP contribution in [0.15, 0.2) is 36.5 Å². The van der Waals surface area contributed by atoms with E-state index in [-0.39, 0.29) is 35.6 Å². The largest absolute Gasteiger partial charge is 0.343 e. The molecule has 2 aromatic rings. The minimum atomic E-state index is -0.496. The van der Waals surface area contributed by atoms with Crippen molar-refractivity contribution in [3.8, 4) is 0 Å². The molecule has 0 radical (unpaired) electrons. The van der Waals surface area contributed by atoms with Gasteiger partial charge >= 0.3 is 0 Å². The van der Waals surface area contributed by atoms with E-state index >= 15 is 0 Å². The number of aromatic nitrogens is 1. The molecule has 0 bridgehead atoms. The Bertz CT molecular complexity index is 1150. The van der Waals surface area contributed by atoms with Crippen molar-refractivity contribution in [1.82, 2.24) is 20.5 Å². The second-order valence-corrected chi connectivity index (χ2v) is 11.1. The predicted molar refractivity (Wildman–Crippen MR) is 147 cm³/mol. The molecule has 2 N–H and O–H groups in total. The highest BCUT2D eigenvalue weighted by Crippen LogP contribution is 2.38. The van der Waals surface area contributed by atoms with E-state index in [9.17, 15) is 14.0 Å². The lowest BCUT2D eigenvalue weighted by Crippen LogP contribution is -2.55. The molecular weight excluding hydrogens is 481 g/mol. The number of nitrogens with zero attached hydrogens (tertiary/aromatic N) is 3. The monoisotopic (exact) mass is 521 g/mol. The number of anilines is 2. The van der Waals surface area contributed by atoms with Crippen molar-refractivity contribution in [2.24, 2.45) is 5.92 Å². The van der Waals surface area contributed by atoms with Gasteiger partial charge in [-0.15, -0.1) is 0 Å². The zero-order valence-electron chi connectivity index (χ0n) is 22.6. The molecule has 3 heterocycles. The molecule has 2 aliphatic heterocycles. The Morgan fingerprint density at radius 3 is 2.63 bits per heavy atom. The Morgan fingerprint density at radius 1 is 1.03 bits per heavy atom. The molecule has 2 amide bonds. The van der Waals surface area contributed by atoms with E-state index in [0.29, 0.717) is 6.54 Å². The van der Waals surface area contributed by atoms with Crippen molar-refractivity contribution in [1.29, 1.82) is 0 Å². The Balaban J connectivity index is 1.39. The van der Waals surface area contributed by atoms with E-state index in [1.165, 1.54) is 12.5 Å². The van der Waals surface area contributed by atoms with Crippen molar-refractivity contribution >= 4 is 23.3 Å². The van der Waals surface area contributed by atoms with Crippen LogP contribution < -0.4 is 15.5 Å². The molecule has 1 saturated heterocycles. The SMILES string of the molecule is CN[C@@H](C)C(=O)N[C@H](C(=O)N1CCC[C@H]1c1ccnc(N2CCCc3cc(F)ccc32)c1)C1CCCCC1. The van der Waals surface area contributed by atoms with E-state index < -0.39 is 6.04 Å². The summed E-state index contributed by atoms with van der Waals surface area (Å²) in [6.45, 7) is 3.33. The maximum atomic E-state index is 14.1. The van der Waals surface area contributed by atoms with Gasteiger partial charge in [-0.2, -0.15) is 0 Å². The maximum Gasteiger partial charge on any atom is 0.245 e. The fraction of sp³-hybridized carbons (Fsp3) is 0.567. The molecule has 3 atom stereocenters. The Hall–Kier alpha value is -3.00. The van der Waals surface area contributed by atoms with Crippen LogP contribution in [0.2, 0.25) is 0 Å². The first-order chi connectivity index (χ1) is 18.5. The van der Waals surface area contributed by atoms with Gasteiger partial charge in [0, 0.05) is 25.0 Å². The van der Waals surface area contributed by atoms with Crippen LogP contribution in [0.3, 0.4) is 0 Å². The quantitative estimate of drug-likeness (QED) is 0.555. The molecule has 1 saturated carbocycles. The van der Waals surface area contributed by atoms with Gasteiger partial charge in [-0.25, -0.2) is 9.37 Å². The summed E-state index contributed by atoms with van der Waals surface area (Å²) in [6, 6.07) is 8.17.